The SMILES string of the molecule is NC(=O)Nc1nn(-c2cccc(Cl)c2)nc1-c1ccccc1. The number of nitrogens with one attached hydrogen (secondary N) is 1. The highest BCUT2D eigenvalue weighted by Gasteiger charge is 2.15. The number of nitrogens with zero attached hydrogens (tertiary/aromatic N) is 3. The number of hydrogen-bond donors (Lipinski definition) is 2. The van der Waals surface area contributed by atoms with Crippen molar-refractivity contribution in [3.63, 3.8) is 0 Å². The maximum atomic E-state index is 11.2. The topological polar surface area (TPSA) is 85.8 Å². The number of primary amides is 1. The zero-order valence-corrected chi connectivity index (χ0v) is 12.2. The zero-order valence-electron chi connectivity index (χ0n) is 11.4. The van der Waals surface area contributed by atoms with Crippen LogP contribution in [0.25, 0.3) is 16.9 Å². The fourth-order valence-electron chi connectivity index (χ4n) is 2.01. The van der Waals surface area contributed by atoms with E-state index >= 15 is 0 Å². The molecule has 0 atom stereocenters. The molecule has 7 heteroatoms. The third-order valence-electron chi connectivity index (χ3n) is 2.94. The Morgan fingerprint density at radius 3 is 2.55 bits per heavy atom. The van der Waals surface area contributed by atoms with Crippen molar-refractivity contribution in [3.05, 3.63) is 59.6 Å². The average molecular weight is 314 g/mol. The van der Waals surface area contributed by atoms with Gasteiger partial charge in [0.2, 0.25) is 0 Å². The first-order chi connectivity index (χ1) is 10.6. The number of urea groups is 1. The molecule has 0 aliphatic rings. The van der Waals surface area contributed by atoms with E-state index in [2.05, 4.69) is 15.5 Å². The summed E-state index contributed by atoms with van der Waals surface area (Å²) in [7, 11) is 0. The predicted octanol–water partition coefficient (Wildman–Crippen LogP) is 3.08. The molecule has 0 aliphatic heterocycles. The van der Waals surface area contributed by atoms with Gasteiger partial charge in [-0.3, -0.25) is 5.32 Å². The Balaban J connectivity index is 2.10. The van der Waals surface area contributed by atoms with Crippen molar-refractivity contribution in [2.45, 2.75) is 0 Å². The molecule has 2 amide bonds. The number of hydrogen-bond acceptors (Lipinski definition) is 3. The van der Waals surface area contributed by atoms with Crippen molar-refractivity contribution in [1.82, 2.24) is 15.0 Å². The van der Waals surface area contributed by atoms with E-state index in [1.54, 1.807) is 18.2 Å². The van der Waals surface area contributed by atoms with Gasteiger partial charge in [-0.25, -0.2) is 4.79 Å². The Labute approximate surface area is 131 Å². The van der Waals surface area contributed by atoms with Crippen LogP contribution in [0.15, 0.2) is 54.6 Å². The first-order valence-electron chi connectivity index (χ1n) is 6.48. The van der Waals surface area contributed by atoms with Crippen LogP contribution in [0.5, 0.6) is 0 Å². The summed E-state index contributed by atoms with van der Waals surface area (Å²) in [5.41, 5.74) is 7.22. The lowest BCUT2D eigenvalue weighted by atomic mass is 10.1. The van der Waals surface area contributed by atoms with Gasteiger partial charge < -0.3 is 5.73 Å². The summed E-state index contributed by atoms with van der Waals surface area (Å²) >= 11 is 5.98. The first-order valence-corrected chi connectivity index (χ1v) is 6.86. The molecule has 2 aromatic carbocycles. The normalized spacial score (nSPS) is 10.4. The van der Waals surface area contributed by atoms with Crippen LogP contribution in [0.1, 0.15) is 0 Å². The van der Waals surface area contributed by atoms with Gasteiger partial charge in [0.25, 0.3) is 0 Å². The molecule has 0 bridgehead atoms. The molecular weight excluding hydrogens is 302 g/mol. The van der Waals surface area contributed by atoms with Gasteiger partial charge in [-0.15, -0.1) is 15.0 Å². The minimum Gasteiger partial charge on any atom is -0.351 e. The standard InChI is InChI=1S/C15H12ClN5O/c16-11-7-4-8-12(9-11)21-19-13(10-5-2-1-3-6-10)14(20-21)18-15(17)22/h1-9H,(H3,17,18,20,22). The summed E-state index contributed by atoms with van der Waals surface area (Å²) < 4.78 is 0. The Kier molecular flexibility index (Phi) is 3.76. The zero-order chi connectivity index (χ0) is 15.5. The van der Waals surface area contributed by atoms with Gasteiger partial charge in [0, 0.05) is 10.6 Å². The lowest BCUT2D eigenvalue weighted by molar-refractivity contribution is 0.259. The molecule has 3 N–H and O–H groups in total. The molecule has 6 nitrogen and oxygen atoms in total. The molecule has 0 spiro atoms. The number of benzene rings is 2. The Hall–Kier alpha value is -2.86. The van der Waals surface area contributed by atoms with Gasteiger partial charge >= 0.3 is 6.03 Å². The molecule has 0 saturated heterocycles. The highest BCUT2D eigenvalue weighted by Crippen LogP contribution is 2.25. The lowest BCUT2D eigenvalue weighted by Crippen LogP contribution is -2.20. The number of carbonyl (C=O) groups excluding carboxylic acids is 1. The Morgan fingerprint density at radius 1 is 1.09 bits per heavy atom. The van der Waals surface area contributed by atoms with E-state index in [1.165, 1.54) is 4.80 Å². The minimum atomic E-state index is -0.699. The number of halogens is 1. The third-order valence-corrected chi connectivity index (χ3v) is 3.18. The summed E-state index contributed by atoms with van der Waals surface area (Å²) in [6.45, 7) is 0. The molecule has 3 rings (SSSR count). The van der Waals surface area contributed by atoms with Gasteiger partial charge in [-0.2, -0.15) is 0 Å². The molecule has 0 radical (unpaired) electrons. The Bertz CT molecular complexity index is 816. The second-order valence-corrected chi connectivity index (χ2v) is 4.96. The maximum Gasteiger partial charge on any atom is 0.317 e. The summed E-state index contributed by atoms with van der Waals surface area (Å²) in [5.74, 6) is 0.290. The molecule has 0 saturated carbocycles. The lowest BCUT2D eigenvalue weighted by Gasteiger charge is -1.99. The highest BCUT2D eigenvalue weighted by atomic mass is 35.5. The van der Waals surface area contributed by atoms with Crippen molar-refractivity contribution in [2.75, 3.05) is 5.32 Å². The van der Waals surface area contributed by atoms with Crippen LogP contribution in [-0.4, -0.2) is 21.0 Å². The summed E-state index contributed by atoms with van der Waals surface area (Å²) in [4.78, 5) is 12.6. The van der Waals surface area contributed by atoms with E-state index in [1.807, 2.05) is 36.4 Å². The number of nitrogens with two attached hydrogens (primary N) is 1. The molecule has 3 aromatic rings. The molecule has 110 valence electrons. The third kappa shape index (κ3) is 2.91. The van der Waals surface area contributed by atoms with Crippen molar-refractivity contribution in [3.8, 4) is 16.9 Å². The summed E-state index contributed by atoms with van der Waals surface area (Å²) in [5, 5.41) is 11.8. The quantitative estimate of drug-likeness (QED) is 0.779. The maximum absolute atomic E-state index is 11.2. The summed E-state index contributed by atoms with van der Waals surface area (Å²) in [6.07, 6.45) is 0. The van der Waals surface area contributed by atoms with Gasteiger partial charge in [0.15, 0.2) is 5.82 Å². The first kappa shape index (κ1) is 14.1. The van der Waals surface area contributed by atoms with E-state index in [0.717, 1.165) is 5.56 Å². The van der Waals surface area contributed by atoms with E-state index in [-0.39, 0.29) is 0 Å². The van der Waals surface area contributed by atoms with Gasteiger partial charge in [-0.1, -0.05) is 48.0 Å². The van der Waals surface area contributed by atoms with E-state index < -0.39 is 6.03 Å². The molecular formula is C15H12ClN5O. The van der Waals surface area contributed by atoms with Crippen LogP contribution < -0.4 is 11.1 Å². The van der Waals surface area contributed by atoms with Crippen molar-refractivity contribution in [2.24, 2.45) is 5.73 Å². The fourth-order valence-corrected chi connectivity index (χ4v) is 2.20. The van der Waals surface area contributed by atoms with Crippen molar-refractivity contribution in [1.29, 1.82) is 0 Å². The van der Waals surface area contributed by atoms with E-state index in [0.29, 0.717) is 22.2 Å². The number of carbonyl (C=O) groups is 1. The smallest absolute Gasteiger partial charge is 0.317 e. The minimum absolute atomic E-state index is 0.290. The molecule has 0 aliphatic carbocycles. The number of aromatic nitrogens is 3. The van der Waals surface area contributed by atoms with Gasteiger partial charge in [0.1, 0.15) is 5.69 Å². The Morgan fingerprint density at radius 2 is 1.86 bits per heavy atom. The van der Waals surface area contributed by atoms with Crippen molar-refractivity contribution < 1.29 is 4.79 Å². The summed E-state index contributed by atoms with van der Waals surface area (Å²) in [6, 6.07) is 15.8. The largest absolute Gasteiger partial charge is 0.351 e. The second-order valence-electron chi connectivity index (χ2n) is 4.52. The molecule has 1 heterocycles. The highest BCUT2D eigenvalue weighted by molar-refractivity contribution is 6.30. The van der Waals surface area contributed by atoms with Crippen LogP contribution >= 0.6 is 11.6 Å². The van der Waals surface area contributed by atoms with E-state index in [4.69, 9.17) is 17.3 Å². The van der Waals surface area contributed by atoms with E-state index in [9.17, 15) is 4.79 Å². The number of anilines is 1. The van der Waals surface area contributed by atoms with Gasteiger partial charge in [-0.05, 0) is 18.2 Å². The molecule has 0 fully saturated rings. The van der Waals surface area contributed by atoms with Crippen LogP contribution in [0.3, 0.4) is 0 Å². The molecule has 22 heavy (non-hydrogen) atoms. The number of rotatable bonds is 3. The fraction of sp³-hybridized carbons (Fsp3) is 0. The van der Waals surface area contributed by atoms with Crippen LogP contribution in [0.2, 0.25) is 5.02 Å². The van der Waals surface area contributed by atoms with Gasteiger partial charge in [0.05, 0.1) is 5.69 Å². The monoisotopic (exact) mass is 313 g/mol. The second kappa shape index (κ2) is 5.87. The average Bonchev–Trinajstić information content (AvgIpc) is 2.91. The van der Waals surface area contributed by atoms with Crippen LogP contribution in [-0.2, 0) is 0 Å². The predicted molar refractivity (Wildman–Crippen MR) is 85.0 cm³/mol. The van der Waals surface area contributed by atoms with Crippen LogP contribution in [0, 0.1) is 0 Å². The van der Waals surface area contributed by atoms with Crippen LogP contribution in [0.4, 0.5) is 10.6 Å². The van der Waals surface area contributed by atoms with Crippen molar-refractivity contribution >= 4 is 23.4 Å². The molecule has 1 aromatic heterocycles. The number of amides is 2. The molecule has 0 unspecified atom stereocenters.